The van der Waals surface area contributed by atoms with Gasteiger partial charge in [0.05, 0.1) is 22.2 Å². The molecule has 4 rings (SSSR count). The number of hydrogen-bond acceptors (Lipinski definition) is 4. The molecule has 0 aromatic heterocycles. The molecule has 9 heteroatoms. The van der Waals surface area contributed by atoms with Crippen LogP contribution >= 0.6 is 11.6 Å². The highest BCUT2D eigenvalue weighted by atomic mass is 35.5. The maximum Gasteiger partial charge on any atom is 0.415 e. The molecular formula is C21H16ClFN2O4S. The number of nitrogens with one attached hydrogen (secondary N) is 1. The van der Waals surface area contributed by atoms with E-state index in [0.29, 0.717) is 17.9 Å². The molecule has 0 radical (unpaired) electrons. The molecule has 0 aliphatic carbocycles. The lowest BCUT2D eigenvalue weighted by molar-refractivity contribution is 0.135. The van der Waals surface area contributed by atoms with Gasteiger partial charge in [0.2, 0.25) is 0 Å². The number of benzene rings is 3. The summed E-state index contributed by atoms with van der Waals surface area (Å²) in [4.78, 5) is 13.7. The minimum absolute atomic E-state index is 0.0145. The van der Waals surface area contributed by atoms with Gasteiger partial charge in [-0.25, -0.2) is 17.6 Å². The number of halogens is 2. The molecule has 1 aliphatic heterocycles. The van der Waals surface area contributed by atoms with Crippen LogP contribution in [0.4, 0.5) is 14.9 Å². The van der Waals surface area contributed by atoms with Crippen LogP contribution in [-0.4, -0.2) is 19.4 Å². The molecule has 1 heterocycles. The first-order valence-corrected chi connectivity index (χ1v) is 10.8. The van der Waals surface area contributed by atoms with E-state index in [1.807, 2.05) is 30.3 Å². The van der Waals surface area contributed by atoms with Gasteiger partial charge >= 0.3 is 6.09 Å². The zero-order chi connectivity index (χ0) is 21.3. The highest BCUT2D eigenvalue weighted by molar-refractivity contribution is 7.92. The molecule has 0 fully saturated rings. The van der Waals surface area contributed by atoms with Gasteiger partial charge < -0.3 is 4.74 Å². The van der Waals surface area contributed by atoms with Crippen molar-refractivity contribution in [3.05, 3.63) is 88.7 Å². The van der Waals surface area contributed by atoms with Crippen LogP contribution in [-0.2, 0) is 23.1 Å². The van der Waals surface area contributed by atoms with E-state index in [2.05, 4.69) is 4.72 Å². The maximum absolute atomic E-state index is 13.3. The van der Waals surface area contributed by atoms with Crippen molar-refractivity contribution in [3.8, 4) is 5.75 Å². The van der Waals surface area contributed by atoms with Crippen molar-refractivity contribution < 1.29 is 22.3 Å². The first kappa shape index (κ1) is 20.2. The quantitative estimate of drug-likeness (QED) is 0.611. The highest BCUT2D eigenvalue weighted by Crippen LogP contribution is 2.30. The largest absolute Gasteiger partial charge is 0.415 e. The molecule has 0 unspecified atom stereocenters. The van der Waals surface area contributed by atoms with Crippen molar-refractivity contribution in [1.29, 1.82) is 0 Å². The maximum atomic E-state index is 13.3. The molecule has 0 spiro atoms. The van der Waals surface area contributed by atoms with Crippen LogP contribution < -0.4 is 9.46 Å². The van der Waals surface area contributed by atoms with Crippen molar-refractivity contribution >= 4 is 33.4 Å². The van der Waals surface area contributed by atoms with Gasteiger partial charge in [0.15, 0.2) is 0 Å². The molecule has 0 bridgehead atoms. The summed E-state index contributed by atoms with van der Waals surface area (Å²) in [6, 6.07) is 17.2. The Hall–Kier alpha value is -3.10. The van der Waals surface area contributed by atoms with Crippen LogP contribution in [0, 0.1) is 5.82 Å². The number of hydrogen-bond donors (Lipinski definition) is 1. The second-order valence-corrected chi connectivity index (χ2v) is 8.80. The van der Waals surface area contributed by atoms with Gasteiger partial charge in [-0.15, -0.1) is 0 Å². The van der Waals surface area contributed by atoms with Gasteiger partial charge in [-0.3, -0.25) is 9.62 Å². The first-order chi connectivity index (χ1) is 14.3. The van der Waals surface area contributed by atoms with Gasteiger partial charge in [-0.05, 0) is 42.0 Å². The number of anilines is 1. The van der Waals surface area contributed by atoms with E-state index in [0.717, 1.165) is 11.6 Å². The number of nitrogens with zero attached hydrogens (tertiary/aromatic N) is 1. The Kier molecular flexibility index (Phi) is 5.36. The molecule has 154 valence electrons. The third kappa shape index (κ3) is 4.24. The molecule has 0 saturated heterocycles. The lowest BCUT2D eigenvalue weighted by Crippen LogP contribution is -2.36. The van der Waals surface area contributed by atoms with Crippen molar-refractivity contribution in [2.24, 2.45) is 0 Å². The molecule has 1 amide bonds. The fourth-order valence-corrected chi connectivity index (χ4v) is 4.35. The molecule has 30 heavy (non-hydrogen) atoms. The topological polar surface area (TPSA) is 75.7 Å². The number of rotatable bonds is 5. The predicted octanol–water partition coefficient (Wildman–Crippen LogP) is 4.79. The lowest BCUT2D eigenvalue weighted by Gasteiger charge is -2.28. The highest BCUT2D eigenvalue weighted by Gasteiger charge is 2.27. The normalized spacial score (nSPS) is 13.5. The van der Waals surface area contributed by atoms with Gasteiger partial charge in [-0.1, -0.05) is 41.9 Å². The molecule has 6 nitrogen and oxygen atoms in total. The van der Waals surface area contributed by atoms with E-state index in [-0.39, 0.29) is 22.2 Å². The average molecular weight is 447 g/mol. The standard InChI is InChI=1S/C21H16ClFN2O4S/c22-18-11-16(6-8-19(18)23)24-30(27,28)17-7-9-20-15(10-17)13-25(21(26)29-20)12-14-4-2-1-3-5-14/h1-11,24H,12-13H2. The van der Waals surface area contributed by atoms with E-state index >= 15 is 0 Å². The van der Waals surface area contributed by atoms with E-state index in [1.54, 1.807) is 0 Å². The van der Waals surface area contributed by atoms with Gasteiger partial charge in [0.25, 0.3) is 10.0 Å². The number of sulfonamides is 1. The minimum atomic E-state index is -3.96. The summed E-state index contributed by atoms with van der Waals surface area (Å²) in [7, 11) is -3.96. The average Bonchev–Trinajstić information content (AvgIpc) is 2.71. The summed E-state index contributed by atoms with van der Waals surface area (Å²) in [6.45, 7) is 0.539. The van der Waals surface area contributed by atoms with Gasteiger partial charge in [0.1, 0.15) is 11.6 Å². The third-order valence-corrected chi connectivity index (χ3v) is 6.22. The molecular weight excluding hydrogens is 431 g/mol. The molecule has 1 N–H and O–H groups in total. The number of fused-ring (bicyclic) bond motifs is 1. The van der Waals surface area contributed by atoms with Crippen molar-refractivity contribution in [3.63, 3.8) is 0 Å². The summed E-state index contributed by atoms with van der Waals surface area (Å²) < 4.78 is 46.5. The first-order valence-electron chi connectivity index (χ1n) is 8.93. The summed E-state index contributed by atoms with van der Waals surface area (Å²) in [6.07, 6.45) is -0.499. The summed E-state index contributed by atoms with van der Waals surface area (Å²) in [5.41, 5.74) is 1.62. The Balaban J connectivity index is 1.58. The Morgan fingerprint density at radius 3 is 2.57 bits per heavy atom. The van der Waals surface area contributed by atoms with Gasteiger partial charge in [0, 0.05) is 12.1 Å². The summed E-state index contributed by atoms with van der Waals surface area (Å²) in [5.74, 6) is -0.332. The zero-order valence-electron chi connectivity index (χ0n) is 15.5. The van der Waals surface area contributed by atoms with Crippen LogP contribution in [0.25, 0.3) is 0 Å². The van der Waals surface area contributed by atoms with Crippen LogP contribution in [0.15, 0.2) is 71.6 Å². The van der Waals surface area contributed by atoms with Crippen LogP contribution in [0.3, 0.4) is 0 Å². The summed E-state index contributed by atoms with van der Waals surface area (Å²) in [5, 5.41) is -0.191. The Labute approximate surface area is 177 Å². The third-order valence-electron chi connectivity index (χ3n) is 4.55. The molecule has 3 aromatic rings. The van der Waals surface area contributed by atoms with E-state index in [9.17, 15) is 17.6 Å². The van der Waals surface area contributed by atoms with Crippen LogP contribution in [0.1, 0.15) is 11.1 Å². The number of amides is 1. The van der Waals surface area contributed by atoms with Crippen LogP contribution in [0.5, 0.6) is 5.75 Å². The van der Waals surface area contributed by atoms with Crippen LogP contribution in [0.2, 0.25) is 5.02 Å². The second kappa shape index (κ2) is 7.97. The van der Waals surface area contributed by atoms with Crippen molar-refractivity contribution in [1.82, 2.24) is 4.90 Å². The number of carbonyl (C=O) groups is 1. The van der Waals surface area contributed by atoms with E-state index in [1.165, 1.54) is 35.2 Å². The predicted molar refractivity (Wildman–Crippen MR) is 110 cm³/mol. The van der Waals surface area contributed by atoms with Crippen molar-refractivity contribution in [2.45, 2.75) is 18.0 Å². The Morgan fingerprint density at radius 1 is 1.07 bits per heavy atom. The number of ether oxygens (including phenoxy) is 1. The lowest BCUT2D eigenvalue weighted by atomic mass is 10.1. The fraction of sp³-hybridized carbons (Fsp3) is 0.0952. The Bertz CT molecular complexity index is 1220. The van der Waals surface area contributed by atoms with Gasteiger partial charge in [-0.2, -0.15) is 0 Å². The smallest absolute Gasteiger partial charge is 0.410 e. The van der Waals surface area contributed by atoms with E-state index in [4.69, 9.17) is 16.3 Å². The van der Waals surface area contributed by atoms with E-state index < -0.39 is 21.9 Å². The minimum Gasteiger partial charge on any atom is -0.410 e. The molecule has 1 aliphatic rings. The Morgan fingerprint density at radius 2 is 1.83 bits per heavy atom. The molecule has 0 saturated carbocycles. The molecule has 0 atom stereocenters. The monoisotopic (exact) mass is 446 g/mol. The summed E-state index contributed by atoms with van der Waals surface area (Å²) >= 11 is 5.72. The molecule has 3 aromatic carbocycles. The second-order valence-electron chi connectivity index (χ2n) is 6.71. The fourth-order valence-electron chi connectivity index (χ4n) is 3.07. The zero-order valence-corrected chi connectivity index (χ0v) is 17.1. The SMILES string of the molecule is O=C1Oc2ccc(S(=O)(=O)Nc3ccc(F)c(Cl)c3)cc2CN1Cc1ccccc1. The number of carbonyl (C=O) groups excluding carboxylic acids is 1. The van der Waals surface area contributed by atoms with Crippen molar-refractivity contribution in [2.75, 3.05) is 4.72 Å².